The van der Waals surface area contributed by atoms with E-state index in [0.29, 0.717) is 0 Å². The van der Waals surface area contributed by atoms with Crippen LogP contribution in [0.3, 0.4) is 0 Å². The third-order valence-electron chi connectivity index (χ3n) is 4.94. The van der Waals surface area contributed by atoms with E-state index in [1.807, 2.05) is 12.4 Å². The molecule has 0 aliphatic carbocycles. The van der Waals surface area contributed by atoms with Crippen molar-refractivity contribution in [3.63, 3.8) is 0 Å². The maximum Gasteiger partial charge on any atom is 0.203 e. The zero-order chi connectivity index (χ0) is 17.9. The quantitative estimate of drug-likeness (QED) is 0.655. The molecule has 136 valence electrons. The van der Waals surface area contributed by atoms with Gasteiger partial charge in [-0.05, 0) is 18.1 Å². The van der Waals surface area contributed by atoms with Crippen LogP contribution in [0.25, 0.3) is 5.65 Å². The summed E-state index contributed by atoms with van der Waals surface area (Å²) < 4.78 is 3.25. The third-order valence-corrected chi connectivity index (χ3v) is 5.71. The van der Waals surface area contributed by atoms with Gasteiger partial charge in [0, 0.05) is 56.0 Å². The predicted octanol–water partition coefficient (Wildman–Crippen LogP) is 3.16. The zero-order valence-corrected chi connectivity index (χ0v) is 16.6. The molecule has 1 aromatic carbocycles. The Morgan fingerprint density at radius 1 is 1.08 bits per heavy atom. The average molecular weight is 415 g/mol. The molecule has 6 nitrogen and oxygen atoms in total. The van der Waals surface area contributed by atoms with Crippen LogP contribution in [0.1, 0.15) is 24.7 Å². The molecule has 3 heterocycles. The Morgan fingerprint density at radius 3 is 2.81 bits per heavy atom. The van der Waals surface area contributed by atoms with Gasteiger partial charge in [0.15, 0.2) is 5.82 Å². The summed E-state index contributed by atoms with van der Waals surface area (Å²) in [5.74, 6) is 1.93. The standard InChI is InChI=1S/C19H23BrN6/c1-2-17-22-23-19-18(21-8-11-26(17)19)25-10-5-9-24(12-13-25)14-15-6-3-4-7-16(15)20/h3-4,6-8,11H,2,5,9-10,12-14H2,1H3. The number of anilines is 1. The molecule has 2 aromatic heterocycles. The van der Waals surface area contributed by atoms with Crippen LogP contribution in [0.15, 0.2) is 41.1 Å². The molecule has 7 heteroatoms. The summed E-state index contributed by atoms with van der Waals surface area (Å²) in [4.78, 5) is 9.49. The minimum Gasteiger partial charge on any atom is -0.352 e. The van der Waals surface area contributed by atoms with E-state index < -0.39 is 0 Å². The lowest BCUT2D eigenvalue weighted by Gasteiger charge is -2.23. The molecular formula is C19H23BrN6. The van der Waals surface area contributed by atoms with E-state index in [0.717, 1.165) is 62.9 Å². The van der Waals surface area contributed by atoms with Crippen molar-refractivity contribution in [1.82, 2.24) is 24.5 Å². The number of nitrogens with zero attached hydrogens (tertiary/aromatic N) is 6. The monoisotopic (exact) mass is 414 g/mol. The topological polar surface area (TPSA) is 49.6 Å². The minimum atomic E-state index is 0.864. The van der Waals surface area contributed by atoms with Crippen molar-refractivity contribution in [1.29, 1.82) is 0 Å². The number of aromatic nitrogens is 4. The van der Waals surface area contributed by atoms with Gasteiger partial charge in [-0.15, -0.1) is 10.2 Å². The fraction of sp³-hybridized carbons (Fsp3) is 0.421. The highest BCUT2D eigenvalue weighted by Crippen LogP contribution is 2.22. The van der Waals surface area contributed by atoms with E-state index in [1.54, 1.807) is 0 Å². The van der Waals surface area contributed by atoms with Crippen molar-refractivity contribution in [2.75, 3.05) is 31.1 Å². The minimum absolute atomic E-state index is 0.864. The maximum atomic E-state index is 4.62. The Balaban J connectivity index is 1.51. The van der Waals surface area contributed by atoms with Crippen molar-refractivity contribution < 1.29 is 0 Å². The molecule has 0 bridgehead atoms. The maximum absolute atomic E-state index is 4.62. The van der Waals surface area contributed by atoms with Crippen LogP contribution in [0.5, 0.6) is 0 Å². The molecule has 1 aliphatic rings. The Morgan fingerprint density at radius 2 is 1.96 bits per heavy atom. The van der Waals surface area contributed by atoms with Crippen molar-refractivity contribution in [3.8, 4) is 0 Å². The third kappa shape index (κ3) is 3.46. The van der Waals surface area contributed by atoms with Gasteiger partial charge in [0.2, 0.25) is 5.65 Å². The number of fused-ring (bicyclic) bond motifs is 1. The van der Waals surface area contributed by atoms with E-state index >= 15 is 0 Å². The van der Waals surface area contributed by atoms with E-state index in [2.05, 4.69) is 76.5 Å². The highest BCUT2D eigenvalue weighted by Gasteiger charge is 2.20. The van der Waals surface area contributed by atoms with E-state index in [-0.39, 0.29) is 0 Å². The lowest BCUT2D eigenvalue weighted by molar-refractivity contribution is 0.285. The van der Waals surface area contributed by atoms with Gasteiger partial charge in [0.25, 0.3) is 0 Å². The fourth-order valence-electron chi connectivity index (χ4n) is 3.53. The number of hydrogen-bond acceptors (Lipinski definition) is 5. The average Bonchev–Trinajstić information content (AvgIpc) is 2.95. The summed E-state index contributed by atoms with van der Waals surface area (Å²) in [6.07, 6.45) is 5.79. The highest BCUT2D eigenvalue weighted by molar-refractivity contribution is 9.10. The Kier molecular flexibility index (Phi) is 5.17. The molecule has 1 aliphatic heterocycles. The molecule has 0 atom stereocenters. The first-order valence-corrected chi connectivity index (χ1v) is 9.95. The van der Waals surface area contributed by atoms with Crippen molar-refractivity contribution in [2.24, 2.45) is 0 Å². The lowest BCUT2D eigenvalue weighted by atomic mass is 10.2. The summed E-state index contributed by atoms with van der Waals surface area (Å²) in [7, 11) is 0. The molecule has 0 radical (unpaired) electrons. The second-order valence-electron chi connectivity index (χ2n) is 6.62. The first kappa shape index (κ1) is 17.4. The van der Waals surface area contributed by atoms with Gasteiger partial charge in [-0.2, -0.15) is 0 Å². The number of rotatable bonds is 4. The van der Waals surface area contributed by atoms with Crippen LogP contribution < -0.4 is 4.90 Å². The number of benzene rings is 1. The molecule has 0 amide bonds. The van der Waals surface area contributed by atoms with Crippen molar-refractivity contribution in [2.45, 2.75) is 26.3 Å². The van der Waals surface area contributed by atoms with Gasteiger partial charge in [-0.3, -0.25) is 9.30 Å². The largest absolute Gasteiger partial charge is 0.352 e. The Hall–Kier alpha value is -1.99. The van der Waals surface area contributed by atoms with Gasteiger partial charge in [0.1, 0.15) is 5.82 Å². The molecule has 0 N–H and O–H groups in total. The van der Waals surface area contributed by atoms with Crippen LogP contribution in [0, 0.1) is 0 Å². The van der Waals surface area contributed by atoms with Gasteiger partial charge in [-0.1, -0.05) is 41.1 Å². The van der Waals surface area contributed by atoms with Gasteiger partial charge < -0.3 is 4.90 Å². The van der Waals surface area contributed by atoms with Crippen LogP contribution in [0.2, 0.25) is 0 Å². The summed E-state index contributed by atoms with van der Waals surface area (Å²) in [6.45, 7) is 7.12. The summed E-state index contributed by atoms with van der Waals surface area (Å²) in [5, 5.41) is 8.69. The zero-order valence-electron chi connectivity index (χ0n) is 15.0. The number of halogens is 1. The fourth-order valence-corrected chi connectivity index (χ4v) is 3.94. The summed E-state index contributed by atoms with van der Waals surface area (Å²) in [5.41, 5.74) is 2.20. The van der Waals surface area contributed by atoms with Crippen molar-refractivity contribution in [3.05, 3.63) is 52.5 Å². The number of hydrogen-bond donors (Lipinski definition) is 0. The van der Waals surface area contributed by atoms with Gasteiger partial charge >= 0.3 is 0 Å². The molecule has 0 spiro atoms. The molecule has 4 rings (SSSR count). The second kappa shape index (κ2) is 7.72. The van der Waals surface area contributed by atoms with Gasteiger partial charge in [0.05, 0.1) is 0 Å². The number of aryl methyl sites for hydroxylation is 1. The van der Waals surface area contributed by atoms with Crippen LogP contribution in [-0.2, 0) is 13.0 Å². The van der Waals surface area contributed by atoms with Gasteiger partial charge in [-0.25, -0.2) is 4.98 Å². The molecule has 0 saturated carbocycles. The molecule has 1 saturated heterocycles. The van der Waals surface area contributed by atoms with Crippen LogP contribution in [-0.4, -0.2) is 50.7 Å². The summed E-state index contributed by atoms with van der Waals surface area (Å²) >= 11 is 3.66. The molecule has 1 fully saturated rings. The highest BCUT2D eigenvalue weighted by atomic mass is 79.9. The molecule has 0 unspecified atom stereocenters. The second-order valence-corrected chi connectivity index (χ2v) is 7.48. The van der Waals surface area contributed by atoms with Crippen molar-refractivity contribution >= 4 is 27.4 Å². The van der Waals surface area contributed by atoms with Crippen LogP contribution in [0.4, 0.5) is 5.82 Å². The molecule has 26 heavy (non-hydrogen) atoms. The van der Waals surface area contributed by atoms with E-state index in [1.165, 1.54) is 10.0 Å². The normalized spacial score (nSPS) is 16.2. The van der Waals surface area contributed by atoms with E-state index in [4.69, 9.17) is 0 Å². The lowest BCUT2D eigenvalue weighted by Crippen LogP contribution is -2.31. The predicted molar refractivity (Wildman–Crippen MR) is 106 cm³/mol. The van der Waals surface area contributed by atoms with Crippen LogP contribution >= 0.6 is 15.9 Å². The molecule has 3 aromatic rings. The summed E-state index contributed by atoms with van der Waals surface area (Å²) in [6, 6.07) is 8.47. The molecular weight excluding hydrogens is 392 g/mol. The smallest absolute Gasteiger partial charge is 0.203 e. The first-order chi connectivity index (χ1) is 12.8. The SMILES string of the molecule is CCc1nnc2c(N3CCCN(Cc4ccccc4Br)CC3)nccn12. The first-order valence-electron chi connectivity index (χ1n) is 9.15. The Bertz CT molecular complexity index is 893. The Labute approximate surface area is 162 Å². The van der Waals surface area contributed by atoms with E-state index in [9.17, 15) is 0 Å².